The Morgan fingerprint density at radius 3 is 2.64 bits per heavy atom. The average Bonchev–Trinajstić information content (AvgIpc) is 3.13. The fourth-order valence-electron chi connectivity index (χ4n) is 2.29. The van der Waals surface area contributed by atoms with Crippen LogP contribution in [0.4, 0.5) is 0 Å². The van der Waals surface area contributed by atoms with Crippen molar-refractivity contribution in [1.82, 2.24) is 10.5 Å². The molecule has 112 valence electrons. The van der Waals surface area contributed by atoms with Gasteiger partial charge in [-0.3, -0.25) is 4.79 Å². The minimum Gasteiger partial charge on any atom is -0.361 e. The summed E-state index contributed by atoms with van der Waals surface area (Å²) >= 11 is 1.45. The first-order valence-electron chi connectivity index (χ1n) is 7.00. The molecule has 1 aromatic carbocycles. The van der Waals surface area contributed by atoms with E-state index in [1.165, 1.54) is 11.3 Å². The van der Waals surface area contributed by atoms with Gasteiger partial charge in [-0.2, -0.15) is 0 Å². The summed E-state index contributed by atoms with van der Waals surface area (Å²) in [6, 6.07) is 13.6. The van der Waals surface area contributed by atoms with Crippen LogP contribution in [0.3, 0.4) is 0 Å². The Balaban J connectivity index is 1.72. The van der Waals surface area contributed by atoms with Gasteiger partial charge >= 0.3 is 0 Å². The Kier molecular flexibility index (Phi) is 4.06. The van der Waals surface area contributed by atoms with Crippen LogP contribution in [0, 0.1) is 13.8 Å². The summed E-state index contributed by atoms with van der Waals surface area (Å²) in [6.45, 7) is 4.31. The zero-order valence-electron chi connectivity index (χ0n) is 12.4. The average molecular weight is 312 g/mol. The molecule has 0 bridgehead atoms. The molecule has 0 aliphatic rings. The highest BCUT2D eigenvalue weighted by Crippen LogP contribution is 2.32. The second-order valence-corrected chi connectivity index (χ2v) is 6.12. The third-order valence-electron chi connectivity index (χ3n) is 3.41. The van der Waals surface area contributed by atoms with Gasteiger partial charge in [0.25, 0.3) is 5.91 Å². The zero-order valence-corrected chi connectivity index (χ0v) is 13.2. The number of hydrogen-bond donors (Lipinski definition) is 1. The molecule has 0 aliphatic heterocycles. The van der Waals surface area contributed by atoms with E-state index in [2.05, 4.69) is 10.5 Å². The van der Waals surface area contributed by atoms with E-state index in [1.54, 1.807) is 0 Å². The largest absolute Gasteiger partial charge is 0.361 e. The van der Waals surface area contributed by atoms with E-state index in [-0.39, 0.29) is 5.91 Å². The number of hydrogen-bond acceptors (Lipinski definition) is 4. The van der Waals surface area contributed by atoms with Gasteiger partial charge in [0, 0.05) is 11.4 Å². The Morgan fingerprint density at radius 1 is 1.18 bits per heavy atom. The molecule has 0 saturated carbocycles. The monoisotopic (exact) mass is 312 g/mol. The van der Waals surface area contributed by atoms with E-state index in [0.717, 1.165) is 27.5 Å². The molecular weight excluding hydrogens is 296 g/mol. The summed E-state index contributed by atoms with van der Waals surface area (Å²) in [5.41, 5.74) is 2.90. The molecule has 1 amide bonds. The molecule has 0 saturated heterocycles. The van der Waals surface area contributed by atoms with Crippen molar-refractivity contribution in [2.45, 2.75) is 20.4 Å². The highest BCUT2D eigenvalue weighted by molar-refractivity contribution is 7.17. The summed E-state index contributed by atoms with van der Waals surface area (Å²) in [7, 11) is 0. The van der Waals surface area contributed by atoms with Crippen molar-refractivity contribution in [2.75, 3.05) is 0 Å². The topological polar surface area (TPSA) is 55.1 Å². The van der Waals surface area contributed by atoms with Gasteiger partial charge in [-0.25, -0.2) is 0 Å². The molecule has 22 heavy (non-hydrogen) atoms. The highest BCUT2D eigenvalue weighted by Gasteiger charge is 2.16. The van der Waals surface area contributed by atoms with Crippen LogP contribution in [0.25, 0.3) is 10.4 Å². The lowest BCUT2D eigenvalue weighted by Gasteiger charge is -2.03. The van der Waals surface area contributed by atoms with Gasteiger partial charge in [-0.1, -0.05) is 35.5 Å². The van der Waals surface area contributed by atoms with Gasteiger partial charge in [-0.05, 0) is 31.5 Å². The number of benzene rings is 1. The van der Waals surface area contributed by atoms with Crippen LogP contribution < -0.4 is 5.32 Å². The van der Waals surface area contributed by atoms with E-state index < -0.39 is 0 Å². The smallest absolute Gasteiger partial charge is 0.261 e. The maximum atomic E-state index is 12.2. The molecule has 0 spiro atoms. The second kappa shape index (κ2) is 6.15. The number of nitrogens with one attached hydrogen (secondary N) is 1. The van der Waals surface area contributed by atoms with Crippen LogP contribution >= 0.6 is 11.3 Å². The summed E-state index contributed by atoms with van der Waals surface area (Å²) < 4.78 is 5.18. The first-order valence-corrected chi connectivity index (χ1v) is 7.82. The molecule has 4 nitrogen and oxygen atoms in total. The molecule has 0 fully saturated rings. The van der Waals surface area contributed by atoms with Crippen LogP contribution in [-0.2, 0) is 6.54 Å². The number of nitrogens with zero attached hydrogens (tertiary/aromatic N) is 1. The van der Waals surface area contributed by atoms with Gasteiger partial charge < -0.3 is 9.84 Å². The fraction of sp³-hybridized carbons (Fsp3) is 0.176. The molecule has 0 unspecified atom stereocenters. The Labute approximate surface area is 132 Å². The first-order chi connectivity index (χ1) is 10.6. The third-order valence-corrected chi connectivity index (χ3v) is 4.51. The van der Waals surface area contributed by atoms with Crippen LogP contribution in [0.2, 0.25) is 0 Å². The summed E-state index contributed by atoms with van der Waals surface area (Å²) in [4.78, 5) is 13.9. The molecule has 3 aromatic rings. The molecule has 3 rings (SSSR count). The fourth-order valence-corrected chi connectivity index (χ4v) is 3.36. The van der Waals surface area contributed by atoms with E-state index in [0.29, 0.717) is 11.4 Å². The van der Waals surface area contributed by atoms with Gasteiger partial charge in [0.15, 0.2) is 0 Å². The maximum absolute atomic E-state index is 12.2. The number of carbonyl (C=O) groups is 1. The van der Waals surface area contributed by atoms with E-state index in [1.807, 2.05) is 56.3 Å². The number of rotatable bonds is 4. The summed E-state index contributed by atoms with van der Waals surface area (Å²) in [5.74, 6) is 0.711. The predicted octanol–water partition coefficient (Wildman–Crippen LogP) is 3.95. The van der Waals surface area contributed by atoms with Crippen molar-refractivity contribution >= 4 is 17.2 Å². The normalized spacial score (nSPS) is 10.6. The van der Waals surface area contributed by atoms with E-state index in [4.69, 9.17) is 4.52 Å². The van der Waals surface area contributed by atoms with Crippen LogP contribution in [0.15, 0.2) is 47.0 Å². The van der Waals surface area contributed by atoms with Crippen LogP contribution in [-0.4, -0.2) is 11.1 Å². The van der Waals surface area contributed by atoms with Crippen LogP contribution in [0.1, 0.15) is 26.7 Å². The minimum absolute atomic E-state index is 0.0631. The van der Waals surface area contributed by atoms with Gasteiger partial charge in [-0.15, -0.1) is 11.3 Å². The number of thiophene rings is 1. The van der Waals surface area contributed by atoms with E-state index >= 15 is 0 Å². The molecule has 0 aliphatic carbocycles. The van der Waals surface area contributed by atoms with Gasteiger partial charge in [0.2, 0.25) is 0 Å². The Bertz CT molecular complexity index is 771. The standard InChI is InChI=1S/C17H16N2O2S/c1-11-16(12(2)21-19-11)14-8-9-15(22-14)17(20)18-10-13-6-4-3-5-7-13/h3-9H,10H2,1-2H3,(H,18,20). The third kappa shape index (κ3) is 2.94. The Hall–Kier alpha value is -2.40. The lowest BCUT2D eigenvalue weighted by Crippen LogP contribution is -2.21. The lowest BCUT2D eigenvalue weighted by atomic mass is 10.2. The minimum atomic E-state index is -0.0631. The SMILES string of the molecule is Cc1noc(C)c1-c1ccc(C(=O)NCc2ccccc2)s1. The summed E-state index contributed by atoms with van der Waals surface area (Å²) in [5, 5.41) is 6.89. The van der Waals surface area contributed by atoms with Crippen molar-refractivity contribution in [3.63, 3.8) is 0 Å². The quantitative estimate of drug-likeness (QED) is 0.793. The van der Waals surface area contributed by atoms with Crippen molar-refractivity contribution < 1.29 is 9.32 Å². The predicted molar refractivity (Wildman–Crippen MR) is 86.9 cm³/mol. The highest BCUT2D eigenvalue weighted by atomic mass is 32.1. The first kappa shape index (κ1) is 14.5. The maximum Gasteiger partial charge on any atom is 0.261 e. The molecule has 0 radical (unpaired) electrons. The van der Waals surface area contributed by atoms with Crippen molar-refractivity contribution in [2.24, 2.45) is 0 Å². The number of amides is 1. The molecular formula is C17H16N2O2S. The van der Waals surface area contributed by atoms with Crippen molar-refractivity contribution in [3.05, 3.63) is 64.4 Å². The molecule has 5 heteroatoms. The van der Waals surface area contributed by atoms with Gasteiger partial charge in [0.1, 0.15) is 5.76 Å². The molecule has 2 aromatic heterocycles. The lowest BCUT2D eigenvalue weighted by molar-refractivity contribution is 0.0955. The second-order valence-electron chi connectivity index (χ2n) is 5.03. The molecule has 1 N–H and O–H groups in total. The molecule has 0 atom stereocenters. The van der Waals surface area contributed by atoms with Crippen molar-refractivity contribution in [1.29, 1.82) is 0 Å². The number of aromatic nitrogens is 1. The van der Waals surface area contributed by atoms with E-state index in [9.17, 15) is 4.79 Å². The zero-order chi connectivity index (χ0) is 15.5. The van der Waals surface area contributed by atoms with Crippen molar-refractivity contribution in [3.8, 4) is 10.4 Å². The van der Waals surface area contributed by atoms with Crippen LogP contribution in [0.5, 0.6) is 0 Å². The molecule has 2 heterocycles. The van der Waals surface area contributed by atoms with Gasteiger partial charge in [0.05, 0.1) is 16.1 Å². The Morgan fingerprint density at radius 2 is 1.95 bits per heavy atom. The number of carbonyl (C=O) groups excluding carboxylic acids is 1. The summed E-state index contributed by atoms with van der Waals surface area (Å²) in [6.07, 6.45) is 0. The number of aryl methyl sites for hydroxylation is 2.